The largest absolute Gasteiger partial charge is 0.293 e. The van der Waals surface area contributed by atoms with E-state index >= 15 is 0 Å². The van der Waals surface area contributed by atoms with Gasteiger partial charge in [0.1, 0.15) is 5.69 Å². The minimum atomic E-state index is -0.196. The molecule has 3 aromatic rings. The standard InChI is InChI=1S/C26H21Cl2N3O/c27-20-11-7-17(8-12-20)16-19-4-3-5-22-24(19)30-31(26(32)23-6-1-2-15-29-23)25(22)18-9-13-21(28)14-10-18/h1-2,6-16,22,25H,3-5H2. The summed E-state index contributed by atoms with van der Waals surface area (Å²) in [4.78, 5) is 17.7. The quantitative estimate of drug-likeness (QED) is 0.429. The summed E-state index contributed by atoms with van der Waals surface area (Å²) in [6.45, 7) is 0. The molecule has 2 atom stereocenters. The maximum Gasteiger partial charge on any atom is 0.293 e. The predicted molar refractivity (Wildman–Crippen MR) is 129 cm³/mol. The van der Waals surface area contributed by atoms with E-state index in [0.29, 0.717) is 15.7 Å². The van der Waals surface area contributed by atoms with Crippen LogP contribution in [-0.2, 0) is 0 Å². The van der Waals surface area contributed by atoms with Crippen molar-refractivity contribution in [2.24, 2.45) is 11.0 Å². The molecular weight excluding hydrogens is 441 g/mol. The van der Waals surface area contributed by atoms with Crippen molar-refractivity contribution in [1.82, 2.24) is 9.99 Å². The Morgan fingerprint density at radius 3 is 2.38 bits per heavy atom. The molecule has 1 aliphatic carbocycles. The van der Waals surface area contributed by atoms with Crippen LogP contribution in [-0.4, -0.2) is 21.6 Å². The molecule has 0 saturated heterocycles. The first kappa shape index (κ1) is 20.9. The van der Waals surface area contributed by atoms with Gasteiger partial charge in [-0.3, -0.25) is 9.78 Å². The van der Waals surface area contributed by atoms with Crippen molar-refractivity contribution in [3.05, 3.63) is 105 Å². The van der Waals surface area contributed by atoms with Crippen LogP contribution >= 0.6 is 23.2 Å². The van der Waals surface area contributed by atoms with Gasteiger partial charge in [-0.25, -0.2) is 5.01 Å². The number of hydrazone groups is 1. The van der Waals surface area contributed by atoms with Gasteiger partial charge in [0.2, 0.25) is 0 Å². The van der Waals surface area contributed by atoms with E-state index in [4.69, 9.17) is 28.3 Å². The second kappa shape index (κ2) is 8.89. The zero-order valence-electron chi connectivity index (χ0n) is 17.3. The highest BCUT2D eigenvalue weighted by atomic mass is 35.5. The van der Waals surface area contributed by atoms with Gasteiger partial charge in [0, 0.05) is 22.2 Å². The molecule has 160 valence electrons. The summed E-state index contributed by atoms with van der Waals surface area (Å²) in [7, 11) is 0. The average molecular weight is 462 g/mol. The molecule has 1 saturated carbocycles. The summed E-state index contributed by atoms with van der Waals surface area (Å²) in [6, 6.07) is 20.6. The Kier molecular flexibility index (Phi) is 5.81. The van der Waals surface area contributed by atoms with Crippen molar-refractivity contribution in [3.63, 3.8) is 0 Å². The van der Waals surface area contributed by atoms with Gasteiger partial charge >= 0.3 is 0 Å². The minimum Gasteiger partial charge on any atom is -0.265 e. The van der Waals surface area contributed by atoms with Crippen LogP contribution < -0.4 is 0 Å². The number of nitrogens with zero attached hydrogens (tertiary/aromatic N) is 3. The Labute approximate surface area is 197 Å². The topological polar surface area (TPSA) is 45.6 Å². The van der Waals surface area contributed by atoms with Crippen LogP contribution in [0.15, 0.2) is 83.6 Å². The van der Waals surface area contributed by atoms with Gasteiger partial charge in [-0.2, -0.15) is 5.10 Å². The van der Waals surface area contributed by atoms with E-state index in [9.17, 15) is 4.79 Å². The summed E-state index contributed by atoms with van der Waals surface area (Å²) in [5.41, 5.74) is 4.63. The number of aromatic nitrogens is 1. The number of halogens is 2. The number of rotatable bonds is 3. The van der Waals surface area contributed by atoms with Crippen LogP contribution in [0, 0.1) is 5.92 Å². The Morgan fingerprint density at radius 2 is 1.69 bits per heavy atom. The smallest absolute Gasteiger partial charge is 0.265 e. The van der Waals surface area contributed by atoms with E-state index in [1.54, 1.807) is 23.3 Å². The van der Waals surface area contributed by atoms with Gasteiger partial charge in [-0.15, -0.1) is 0 Å². The van der Waals surface area contributed by atoms with E-state index in [1.807, 2.05) is 54.6 Å². The third-order valence-electron chi connectivity index (χ3n) is 6.02. The summed E-state index contributed by atoms with van der Waals surface area (Å²) in [5, 5.41) is 7.89. The van der Waals surface area contributed by atoms with E-state index in [0.717, 1.165) is 36.1 Å². The van der Waals surface area contributed by atoms with Crippen molar-refractivity contribution < 1.29 is 4.79 Å². The number of fused-ring (bicyclic) bond motifs is 1. The monoisotopic (exact) mass is 461 g/mol. The molecule has 4 nitrogen and oxygen atoms in total. The van der Waals surface area contributed by atoms with Gasteiger partial charge in [0.05, 0.1) is 11.8 Å². The summed E-state index contributed by atoms with van der Waals surface area (Å²) >= 11 is 12.2. The van der Waals surface area contributed by atoms with Crippen LogP contribution in [0.2, 0.25) is 10.0 Å². The Balaban J connectivity index is 1.57. The van der Waals surface area contributed by atoms with Gasteiger partial charge in [-0.05, 0) is 78.4 Å². The van der Waals surface area contributed by atoms with Crippen molar-refractivity contribution in [1.29, 1.82) is 0 Å². The third-order valence-corrected chi connectivity index (χ3v) is 6.52. The number of amides is 1. The van der Waals surface area contributed by atoms with Crippen LogP contribution in [0.25, 0.3) is 6.08 Å². The maximum absolute atomic E-state index is 13.4. The molecule has 1 amide bonds. The molecule has 0 spiro atoms. The highest BCUT2D eigenvalue weighted by Crippen LogP contribution is 2.45. The summed E-state index contributed by atoms with van der Waals surface area (Å²) < 4.78 is 0. The molecule has 2 unspecified atom stereocenters. The van der Waals surface area contributed by atoms with E-state index < -0.39 is 0 Å². The van der Waals surface area contributed by atoms with Crippen LogP contribution in [0.3, 0.4) is 0 Å². The fourth-order valence-corrected chi connectivity index (χ4v) is 4.78. The van der Waals surface area contributed by atoms with E-state index in [-0.39, 0.29) is 17.9 Å². The van der Waals surface area contributed by atoms with E-state index in [2.05, 4.69) is 11.1 Å². The first-order valence-electron chi connectivity index (χ1n) is 10.7. The number of carbonyl (C=O) groups is 1. The van der Waals surface area contributed by atoms with Crippen LogP contribution in [0.5, 0.6) is 0 Å². The lowest BCUT2D eigenvalue weighted by molar-refractivity contribution is 0.0675. The van der Waals surface area contributed by atoms with Crippen LogP contribution in [0.4, 0.5) is 0 Å². The molecule has 5 rings (SSSR count). The van der Waals surface area contributed by atoms with Crippen molar-refractivity contribution >= 4 is 40.9 Å². The molecule has 2 aliphatic rings. The number of hydrogen-bond acceptors (Lipinski definition) is 3. The first-order chi connectivity index (χ1) is 15.6. The SMILES string of the molecule is O=C(c1ccccn1)N1N=C2C(=Cc3ccc(Cl)cc3)CCCC2C1c1ccc(Cl)cc1. The maximum atomic E-state index is 13.4. The molecule has 2 heterocycles. The Hall–Kier alpha value is -2.95. The van der Waals surface area contributed by atoms with Crippen LogP contribution in [0.1, 0.15) is 46.9 Å². The summed E-state index contributed by atoms with van der Waals surface area (Å²) in [5.74, 6) is -0.0746. The van der Waals surface area contributed by atoms with E-state index in [1.165, 1.54) is 5.57 Å². The molecule has 1 aliphatic heterocycles. The molecule has 0 radical (unpaired) electrons. The number of benzene rings is 2. The normalized spacial score (nSPS) is 21.4. The molecule has 1 aromatic heterocycles. The summed E-state index contributed by atoms with van der Waals surface area (Å²) in [6.07, 6.45) is 6.73. The number of carbonyl (C=O) groups excluding carboxylic acids is 1. The predicted octanol–water partition coefficient (Wildman–Crippen LogP) is 6.83. The Bertz CT molecular complexity index is 1190. The van der Waals surface area contributed by atoms with Crippen molar-refractivity contribution in [3.8, 4) is 0 Å². The molecule has 2 aromatic carbocycles. The third kappa shape index (κ3) is 4.08. The lowest BCUT2D eigenvalue weighted by Gasteiger charge is -2.29. The van der Waals surface area contributed by atoms with Crippen molar-refractivity contribution in [2.75, 3.05) is 0 Å². The number of pyridine rings is 1. The second-order valence-corrected chi connectivity index (χ2v) is 8.94. The molecular formula is C26H21Cl2N3O. The second-order valence-electron chi connectivity index (χ2n) is 8.07. The van der Waals surface area contributed by atoms with Gasteiger partial charge < -0.3 is 0 Å². The van der Waals surface area contributed by atoms with Crippen molar-refractivity contribution in [2.45, 2.75) is 25.3 Å². The zero-order chi connectivity index (χ0) is 22.1. The minimum absolute atomic E-state index is 0.121. The fourth-order valence-electron chi connectivity index (χ4n) is 4.53. The van der Waals surface area contributed by atoms with Gasteiger partial charge in [0.15, 0.2) is 0 Å². The lowest BCUT2D eigenvalue weighted by atomic mass is 9.77. The fraction of sp³-hybridized carbons (Fsp3) is 0.192. The van der Waals surface area contributed by atoms with Gasteiger partial charge in [-0.1, -0.05) is 53.5 Å². The first-order valence-corrected chi connectivity index (χ1v) is 11.4. The Morgan fingerprint density at radius 1 is 0.969 bits per heavy atom. The molecule has 6 heteroatoms. The highest BCUT2D eigenvalue weighted by Gasteiger charge is 2.44. The lowest BCUT2D eigenvalue weighted by Crippen LogP contribution is -2.32. The average Bonchev–Trinajstić information content (AvgIpc) is 3.22. The molecule has 0 bridgehead atoms. The number of hydrogen-bond donors (Lipinski definition) is 0. The molecule has 0 N–H and O–H groups in total. The highest BCUT2D eigenvalue weighted by molar-refractivity contribution is 6.30. The zero-order valence-corrected chi connectivity index (χ0v) is 18.8. The molecule has 32 heavy (non-hydrogen) atoms. The van der Waals surface area contributed by atoms with Gasteiger partial charge in [0.25, 0.3) is 5.91 Å². The number of allylic oxidation sites excluding steroid dienone is 1. The molecule has 1 fully saturated rings.